The van der Waals surface area contributed by atoms with Crippen LogP contribution in [0.15, 0.2) is 23.8 Å². The molecule has 0 bridgehead atoms. The molecular formula is C27H46O5. The SMILES string of the molecule is CCCCCCCC/C=C\CCCCCCCC/C=C1/C[C@@](CO)(COC(C)=O)OC1=O. The van der Waals surface area contributed by atoms with E-state index in [0.29, 0.717) is 12.0 Å². The summed E-state index contributed by atoms with van der Waals surface area (Å²) in [6.45, 7) is 3.11. The number of cyclic esters (lactones) is 1. The van der Waals surface area contributed by atoms with Crippen LogP contribution in [0.3, 0.4) is 0 Å². The van der Waals surface area contributed by atoms with Crippen LogP contribution in [-0.2, 0) is 19.1 Å². The number of unbranched alkanes of at least 4 members (excludes halogenated alkanes) is 13. The molecule has 0 aromatic rings. The Balaban J connectivity index is 2.01. The maximum Gasteiger partial charge on any atom is 0.334 e. The first-order chi connectivity index (χ1) is 15.5. The summed E-state index contributed by atoms with van der Waals surface area (Å²) in [5.74, 6) is -0.855. The van der Waals surface area contributed by atoms with E-state index in [0.717, 1.165) is 19.3 Å². The van der Waals surface area contributed by atoms with Crippen molar-refractivity contribution in [3.63, 3.8) is 0 Å². The molecule has 0 aromatic heterocycles. The first-order valence-electron chi connectivity index (χ1n) is 12.8. The standard InChI is InChI=1S/C27H46O5/c1-3-4-5-6-7-8-9-10-11-12-13-14-15-16-17-18-19-20-25-21-27(22-28,32-26(25)30)23-31-24(2)29/h10-11,20,28H,3-9,12-19,21-23H2,1-2H3/b11-10-,25-20-/t27-/m1/s1. The van der Waals surface area contributed by atoms with Gasteiger partial charge in [0.25, 0.3) is 0 Å². The van der Waals surface area contributed by atoms with E-state index < -0.39 is 17.5 Å². The van der Waals surface area contributed by atoms with Crippen molar-refractivity contribution in [2.45, 2.75) is 122 Å². The van der Waals surface area contributed by atoms with Gasteiger partial charge in [0.05, 0.1) is 6.61 Å². The molecule has 0 aromatic carbocycles. The minimum Gasteiger partial charge on any atom is -0.462 e. The summed E-state index contributed by atoms with van der Waals surface area (Å²) >= 11 is 0. The van der Waals surface area contributed by atoms with Gasteiger partial charge in [0.1, 0.15) is 6.61 Å². The molecule has 0 amide bonds. The Kier molecular flexibility index (Phi) is 15.9. The van der Waals surface area contributed by atoms with Crippen LogP contribution in [0.1, 0.15) is 117 Å². The van der Waals surface area contributed by atoms with Gasteiger partial charge >= 0.3 is 11.9 Å². The van der Waals surface area contributed by atoms with Crippen molar-refractivity contribution in [3.05, 3.63) is 23.8 Å². The average molecular weight is 451 g/mol. The lowest BCUT2D eigenvalue weighted by Gasteiger charge is -2.23. The quantitative estimate of drug-likeness (QED) is 0.104. The molecule has 1 aliphatic heterocycles. The van der Waals surface area contributed by atoms with Gasteiger partial charge in [-0.3, -0.25) is 4.79 Å². The van der Waals surface area contributed by atoms with Crippen LogP contribution in [0.25, 0.3) is 0 Å². The van der Waals surface area contributed by atoms with E-state index in [2.05, 4.69) is 19.1 Å². The van der Waals surface area contributed by atoms with Crippen LogP contribution < -0.4 is 0 Å². The number of allylic oxidation sites excluding steroid dienone is 3. The molecule has 0 aliphatic carbocycles. The highest BCUT2D eigenvalue weighted by Crippen LogP contribution is 2.31. The Bertz CT molecular complexity index is 581. The van der Waals surface area contributed by atoms with Gasteiger partial charge < -0.3 is 14.6 Å². The van der Waals surface area contributed by atoms with Gasteiger partial charge in [-0.05, 0) is 38.5 Å². The Morgan fingerprint density at radius 2 is 1.47 bits per heavy atom. The first-order valence-corrected chi connectivity index (χ1v) is 12.8. The Hall–Kier alpha value is -1.62. The van der Waals surface area contributed by atoms with Crippen LogP contribution >= 0.6 is 0 Å². The summed E-state index contributed by atoms with van der Waals surface area (Å²) in [5, 5.41) is 9.59. The van der Waals surface area contributed by atoms with Crippen molar-refractivity contribution in [3.8, 4) is 0 Å². The number of carbonyl (C=O) groups excluding carboxylic acids is 2. The smallest absolute Gasteiger partial charge is 0.334 e. The number of carbonyl (C=O) groups is 2. The number of ether oxygens (including phenoxy) is 2. The Labute approximate surface area is 195 Å². The number of aliphatic hydroxyl groups excluding tert-OH is 1. The van der Waals surface area contributed by atoms with Crippen molar-refractivity contribution < 1.29 is 24.2 Å². The lowest BCUT2D eigenvalue weighted by molar-refractivity contribution is -0.164. The molecule has 0 radical (unpaired) electrons. The summed E-state index contributed by atoms with van der Waals surface area (Å²) < 4.78 is 10.3. The van der Waals surface area contributed by atoms with Crippen LogP contribution in [0.5, 0.6) is 0 Å². The van der Waals surface area contributed by atoms with E-state index in [-0.39, 0.29) is 13.2 Å². The van der Waals surface area contributed by atoms with Gasteiger partial charge in [0.15, 0.2) is 5.60 Å². The maximum atomic E-state index is 12.0. The maximum absolute atomic E-state index is 12.0. The highest BCUT2D eigenvalue weighted by Gasteiger charge is 2.44. The Morgan fingerprint density at radius 3 is 2.00 bits per heavy atom. The van der Waals surface area contributed by atoms with Crippen molar-refractivity contribution >= 4 is 11.9 Å². The summed E-state index contributed by atoms with van der Waals surface area (Å²) in [7, 11) is 0. The third-order valence-electron chi connectivity index (χ3n) is 6.02. The molecule has 0 spiro atoms. The largest absolute Gasteiger partial charge is 0.462 e. The summed E-state index contributed by atoms with van der Waals surface area (Å²) in [4.78, 5) is 23.1. The highest BCUT2D eigenvalue weighted by molar-refractivity contribution is 5.91. The van der Waals surface area contributed by atoms with Crippen LogP contribution in [0, 0.1) is 0 Å². The molecule has 0 unspecified atom stereocenters. The van der Waals surface area contributed by atoms with Crippen molar-refractivity contribution in [1.29, 1.82) is 0 Å². The van der Waals surface area contributed by atoms with Crippen LogP contribution in [-0.4, -0.2) is 35.9 Å². The fourth-order valence-electron chi connectivity index (χ4n) is 3.99. The number of rotatable bonds is 19. The average Bonchev–Trinajstić information content (AvgIpc) is 3.10. The summed E-state index contributed by atoms with van der Waals surface area (Å²) in [5.41, 5.74) is -0.531. The molecule has 1 heterocycles. The third-order valence-corrected chi connectivity index (χ3v) is 6.02. The van der Waals surface area contributed by atoms with Gasteiger partial charge in [-0.25, -0.2) is 4.79 Å². The van der Waals surface area contributed by atoms with Gasteiger partial charge in [-0.15, -0.1) is 0 Å². The number of hydrogen-bond acceptors (Lipinski definition) is 5. The van der Waals surface area contributed by atoms with Gasteiger partial charge in [-0.1, -0.05) is 82.9 Å². The second-order valence-corrected chi connectivity index (χ2v) is 9.14. The molecule has 32 heavy (non-hydrogen) atoms. The predicted octanol–water partition coefficient (Wildman–Crippen LogP) is 6.58. The Morgan fingerprint density at radius 1 is 0.938 bits per heavy atom. The van der Waals surface area contributed by atoms with Gasteiger partial charge in [-0.2, -0.15) is 0 Å². The van der Waals surface area contributed by atoms with E-state index in [9.17, 15) is 14.7 Å². The molecule has 1 saturated heterocycles. The molecule has 184 valence electrons. The second kappa shape index (κ2) is 17.9. The van der Waals surface area contributed by atoms with Crippen molar-refractivity contribution in [2.24, 2.45) is 0 Å². The molecule has 0 saturated carbocycles. The number of esters is 2. The minimum atomic E-state index is -1.11. The minimum absolute atomic E-state index is 0.101. The van der Waals surface area contributed by atoms with E-state index in [4.69, 9.17) is 9.47 Å². The topological polar surface area (TPSA) is 72.8 Å². The molecule has 1 aliphatic rings. The number of aliphatic hydroxyl groups is 1. The molecule has 1 atom stereocenters. The first kappa shape index (κ1) is 28.4. The molecule has 5 heteroatoms. The normalized spacial score (nSPS) is 19.7. The fraction of sp³-hybridized carbons (Fsp3) is 0.778. The van der Waals surface area contributed by atoms with Crippen LogP contribution in [0.2, 0.25) is 0 Å². The number of hydrogen-bond donors (Lipinski definition) is 1. The third kappa shape index (κ3) is 13.0. The lowest BCUT2D eigenvalue weighted by Crippen LogP contribution is -2.39. The van der Waals surface area contributed by atoms with Gasteiger partial charge in [0.2, 0.25) is 0 Å². The second-order valence-electron chi connectivity index (χ2n) is 9.14. The molecule has 5 nitrogen and oxygen atoms in total. The molecule has 1 rings (SSSR count). The van der Waals surface area contributed by atoms with E-state index in [1.54, 1.807) is 0 Å². The van der Waals surface area contributed by atoms with E-state index in [1.165, 1.54) is 84.0 Å². The summed E-state index contributed by atoms with van der Waals surface area (Å²) in [6, 6.07) is 0. The zero-order chi connectivity index (χ0) is 23.5. The van der Waals surface area contributed by atoms with E-state index in [1.807, 2.05) is 6.08 Å². The molecule has 1 fully saturated rings. The zero-order valence-electron chi connectivity index (χ0n) is 20.5. The monoisotopic (exact) mass is 450 g/mol. The predicted molar refractivity (Wildman–Crippen MR) is 129 cm³/mol. The molecular weight excluding hydrogens is 404 g/mol. The van der Waals surface area contributed by atoms with E-state index >= 15 is 0 Å². The molecule has 1 N–H and O–H groups in total. The van der Waals surface area contributed by atoms with Gasteiger partial charge in [0, 0.05) is 18.9 Å². The van der Waals surface area contributed by atoms with Crippen molar-refractivity contribution in [2.75, 3.05) is 13.2 Å². The fourth-order valence-corrected chi connectivity index (χ4v) is 3.99. The zero-order valence-corrected chi connectivity index (χ0v) is 20.5. The van der Waals surface area contributed by atoms with Crippen LogP contribution in [0.4, 0.5) is 0 Å². The van der Waals surface area contributed by atoms with Crippen molar-refractivity contribution in [1.82, 2.24) is 0 Å². The lowest BCUT2D eigenvalue weighted by atomic mass is 9.98. The highest BCUT2D eigenvalue weighted by atomic mass is 16.6. The summed E-state index contributed by atoms with van der Waals surface area (Å²) in [6.07, 6.45) is 25.6.